The summed E-state index contributed by atoms with van der Waals surface area (Å²) in [6.07, 6.45) is 1.47. The molecule has 0 radical (unpaired) electrons. The molecule has 1 aromatic carbocycles. The summed E-state index contributed by atoms with van der Waals surface area (Å²) >= 11 is 0. The molecule has 0 aliphatic heterocycles. The molecule has 23 heavy (non-hydrogen) atoms. The summed E-state index contributed by atoms with van der Waals surface area (Å²) in [5.74, 6) is 1.92. The number of nitrogens with zero attached hydrogens (tertiary/aromatic N) is 1. The molecule has 0 bridgehead atoms. The van der Waals surface area contributed by atoms with Crippen molar-refractivity contribution < 1.29 is 23.4 Å². The van der Waals surface area contributed by atoms with Crippen LogP contribution in [0.25, 0.3) is 0 Å². The van der Waals surface area contributed by atoms with Crippen molar-refractivity contribution in [2.75, 3.05) is 21.3 Å². The van der Waals surface area contributed by atoms with E-state index in [-0.39, 0.29) is 5.76 Å². The average Bonchev–Trinajstić information content (AvgIpc) is 3.00. The zero-order valence-corrected chi connectivity index (χ0v) is 13.4. The lowest BCUT2D eigenvalue weighted by Crippen LogP contribution is -2.16. The Morgan fingerprint density at radius 3 is 2.26 bits per heavy atom. The normalized spacial score (nSPS) is 10.6. The maximum absolute atomic E-state index is 11.8. The number of rotatable bonds is 6. The number of furan rings is 1. The maximum Gasteiger partial charge on any atom is 0.307 e. The van der Waals surface area contributed by atoms with Crippen LogP contribution in [-0.4, -0.2) is 33.5 Å². The van der Waals surface area contributed by atoms with Gasteiger partial charge in [-0.25, -0.2) is 5.43 Å². The third-order valence-electron chi connectivity index (χ3n) is 3.03. The largest absolute Gasteiger partial charge is 0.493 e. The van der Waals surface area contributed by atoms with Gasteiger partial charge in [0.2, 0.25) is 5.75 Å². The Labute approximate surface area is 133 Å². The summed E-state index contributed by atoms with van der Waals surface area (Å²) in [5, 5.41) is 3.90. The smallest absolute Gasteiger partial charge is 0.307 e. The summed E-state index contributed by atoms with van der Waals surface area (Å²) in [7, 11) is 4.58. The van der Waals surface area contributed by atoms with Crippen molar-refractivity contribution in [1.29, 1.82) is 0 Å². The summed E-state index contributed by atoms with van der Waals surface area (Å²) in [6.45, 7) is 1.76. The minimum absolute atomic E-state index is 0.199. The number of hydrogen-bond acceptors (Lipinski definition) is 6. The number of aryl methyl sites for hydroxylation is 1. The third kappa shape index (κ3) is 3.82. The summed E-state index contributed by atoms with van der Waals surface area (Å²) < 4.78 is 20.9. The van der Waals surface area contributed by atoms with E-state index >= 15 is 0 Å². The van der Waals surface area contributed by atoms with Gasteiger partial charge < -0.3 is 18.6 Å². The van der Waals surface area contributed by atoms with Crippen LogP contribution in [-0.2, 0) is 0 Å². The highest BCUT2D eigenvalue weighted by Gasteiger charge is 2.12. The summed E-state index contributed by atoms with van der Waals surface area (Å²) in [6, 6.07) is 6.72. The van der Waals surface area contributed by atoms with E-state index in [1.165, 1.54) is 27.5 Å². The molecule has 7 nitrogen and oxygen atoms in total. The van der Waals surface area contributed by atoms with Crippen LogP contribution in [0.1, 0.15) is 21.9 Å². The Kier molecular flexibility index (Phi) is 5.24. The number of ether oxygens (including phenoxy) is 3. The van der Waals surface area contributed by atoms with E-state index in [0.29, 0.717) is 28.6 Å². The van der Waals surface area contributed by atoms with Gasteiger partial charge in [0.15, 0.2) is 17.3 Å². The number of carbonyl (C=O) groups is 1. The number of amides is 1. The Bertz CT molecular complexity index is 696. The Morgan fingerprint density at radius 2 is 1.78 bits per heavy atom. The van der Waals surface area contributed by atoms with E-state index in [1.54, 1.807) is 31.2 Å². The van der Waals surface area contributed by atoms with Crippen molar-refractivity contribution >= 4 is 12.1 Å². The van der Waals surface area contributed by atoms with Crippen LogP contribution in [0.5, 0.6) is 17.2 Å². The van der Waals surface area contributed by atoms with Crippen molar-refractivity contribution in [3.63, 3.8) is 0 Å². The third-order valence-corrected chi connectivity index (χ3v) is 3.03. The SMILES string of the molecule is COc1cc(C=NNC(=O)c2ccc(C)o2)cc(OC)c1OC. The molecule has 1 N–H and O–H groups in total. The van der Waals surface area contributed by atoms with E-state index in [1.807, 2.05) is 0 Å². The van der Waals surface area contributed by atoms with Crippen molar-refractivity contribution in [3.05, 3.63) is 41.3 Å². The quantitative estimate of drug-likeness (QED) is 0.653. The molecule has 1 heterocycles. The highest BCUT2D eigenvalue weighted by Crippen LogP contribution is 2.37. The fourth-order valence-electron chi connectivity index (χ4n) is 1.95. The van der Waals surface area contributed by atoms with Crippen molar-refractivity contribution in [2.45, 2.75) is 6.92 Å². The lowest BCUT2D eigenvalue weighted by molar-refractivity contribution is 0.0926. The lowest BCUT2D eigenvalue weighted by atomic mass is 10.2. The molecule has 0 saturated heterocycles. The number of benzene rings is 1. The van der Waals surface area contributed by atoms with Crippen LogP contribution in [0, 0.1) is 6.92 Å². The van der Waals surface area contributed by atoms with Gasteiger partial charge in [-0.05, 0) is 31.2 Å². The topological polar surface area (TPSA) is 82.3 Å². The Morgan fingerprint density at radius 1 is 1.13 bits per heavy atom. The van der Waals surface area contributed by atoms with Gasteiger partial charge in [0.05, 0.1) is 27.5 Å². The molecule has 2 rings (SSSR count). The predicted molar refractivity (Wildman–Crippen MR) is 84.6 cm³/mol. The number of hydrogen-bond donors (Lipinski definition) is 1. The summed E-state index contributed by atoms with van der Waals surface area (Å²) in [4.78, 5) is 11.8. The zero-order chi connectivity index (χ0) is 16.8. The first-order chi connectivity index (χ1) is 11.1. The minimum atomic E-state index is -0.429. The fourth-order valence-corrected chi connectivity index (χ4v) is 1.95. The molecule has 7 heteroatoms. The molecule has 2 aromatic rings. The highest BCUT2D eigenvalue weighted by molar-refractivity contribution is 5.92. The van der Waals surface area contributed by atoms with Gasteiger partial charge in [-0.1, -0.05) is 0 Å². The van der Waals surface area contributed by atoms with Gasteiger partial charge in [0.25, 0.3) is 0 Å². The van der Waals surface area contributed by atoms with E-state index < -0.39 is 5.91 Å². The van der Waals surface area contributed by atoms with Crippen LogP contribution in [0.3, 0.4) is 0 Å². The first kappa shape index (κ1) is 16.4. The van der Waals surface area contributed by atoms with E-state index in [9.17, 15) is 4.79 Å². The van der Waals surface area contributed by atoms with Crippen molar-refractivity contribution in [2.24, 2.45) is 5.10 Å². The molecule has 0 saturated carbocycles. The van der Waals surface area contributed by atoms with E-state index in [0.717, 1.165) is 0 Å². The van der Waals surface area contributed by atoms with Gasteiger partial charge in [-0.3, -0.25) is 4.79 Å². The number of hydrazone groups is 1. The number of nitrogens with one attached hydrogen (secondary N) is 1. The van der Waals surface area contributed by atoms with Gasteiger partial charge in [0.1, 0.15) is 5.76 Å². The van der Waals surface area contributed by atoms with Gasteiger partial charge in [0, 0.05) is 5.56 Å². The van der Waals surface area contributed by atoms with Crippen LogP contribution in [0.2, 0.25) is 0 Å². The van der Waals surface area contributed by atoms with Gasteiger partial charge in [-0.2, -0.15) is 5.10 Å². The second-order valence-electron chi connectivity index (χ2n) is 4.57. The lowest BCUT2D eigenvalue weighted by Gasteiger charge is -2.12. The molecular formula is C16H18N2O5. The molecule has 0 unspecified atom stereocenters. The number of carbonyl (C=O) groups excluding carboxylic acids is 1. The summed E-state index contributed by atoms with van der Waals surface area (Å²) in [5.41, 5.74) is 3.06. The van der Waals surface area contributed by atoms with Gasteiger partial charge >= 0.3 is 5.91 Å². The molecule has 122 valence electrons. The monoisotopic (exact) mass is 318 g/mol. The van der Waals surface area contributed by atoms with Crippen LogP contribution in [0.15, 0.2) is 33.8 Å². The fraction of sp³-hybridized carbons (Fsp3) is 0.250. The van der Waals surface area contributed by atoms with E-state index in [4.69, 9.17) is 18.6 Å². The number of methoxy groups -OCH3 is 3. The van der Waals surface area contributed by atoms with Crippen molar-refractivity contribution in [1.82, 2.24) is 5.43 Å². The molecule has 0 aliphatic carbocycles. The Balaban J connectivity index is 2.14. The van der Waals surface area contributed by atoms with E-state index in [2.05, 4.69) is 10.5 Å². The second kappa shape index (κ2) is 7.35. The molecule has 1 aromatic heterocycles. The molecule has 0 atom stereocenters. The zero-order valence-electron chi connectivity index (χ0n) is 13.4. The second-order valence-corrected chi connectivity index (χ2v) is 4.57. The maximum atomic E-state index is 11.8. The minimum Gasteiger partial charge on any atom is -0.493 e. The van der Waals surface area contributed by atoms with Crippen LogP contribution >= 0.6 is 0 Å². The average molecular weight is 318 g/mol. The first-order valence-corrected chi connectivity index (χ1v) is 6.79. The molecule has 1 amide bonds. The molecule has 0 spiro atoms. The molecule has 0 fully saturated rings. The molecular weight excluding hydrogens is 300 g/mol. The van der Waals surface area contributed by atoms with Crippen LogP contribution < -0.4 is 19.6 Å². The van der Waals surface area contributed by atoms with Gasteiger partial charge in [-0.15, -0.1) is 0 Å². The predicted octanol–water partition coefficient (Wildman–Crippen LogP) is 2.38. The highest BCUT2D eigenvalue weighted by atomic mass is 16.5. The van der Waals surface area contributed by atoms with Crippen molar-refractivity contribution in [3.8, 4) is 17.2 Å². The molecule has 0 aliphatic rings. The van der Waals surface area contributed by atoms with Crippen LogP contribution in [0.4, 0.5) is 0 Å². The standard InChI is InChI=1S/C16H18N2O5/c1-10-5-6-12(23-10)16(19)18-17-9-11-7-13(20-2)15(22-4)14(8-11)21-3/h5-9H,1-4H3,(H,18,19). The Hall–Kier alpha value is -2.96. The first-order valence-electron chi connectivity index (χ1n) is 6.79.